The summed E-state index contributed by atoms with van der Waals surface area (Å²) in [6, 6.07) is 12.5. The van der Waals surface area contributed by atoms with Crippen LogP contribution in [0.25, 0.3) is 0 Å². The Kier molecular flexibility index (Phi) is 4.50. The third kappa shape index (κ3) is 3.68. The summed E-state index contributed by atoms with van der Waals surface area (Å²) >= 11 is 0. The van der Waals surface area contributed by atoms with E-state index in [-0.39, 0.29) is 5.91 Å². The quantitative estimate of drug-likeness (QED) is 0.847. The summed E-state index contributed by atoms with van der Waals surface area (Å²) in [5, 5.41) is 2.76. The molecule has 2 rings (SSSR count). The van der Waals surface area contributed by atoms with Crippen molar-refractivity contribution in [2.45, 2.75) is 6.92 Å². The monoisotopic (exact) mass is 268 g/mol. The lowest BCUT2D eigenvalue weighted by Gasteiger charge is -2.07. The van der Waals surface area contributed by atoms with Crippen LogP contribution >= 0.6 is 0 Å². The molecule has 102 valence electrons. The van der Waals surface area contributed by atoms with Gasteiger partial charge in [-0.25, -0.2) is 4.98 Å². The molecule has 1 heterocycles. The second kappa shape index (κ2) is 6.52. The Balaban J connectivity index is 2.10. The number of benzene rings is 1. The molecule has 0 bridgehead atoms. The van der Waals surface area contributed by atoms with Crippen LogP contribution in [-0.2, 0) is 0 Å². The van der Waals surface area contributed by atoms with E-state index >= 15 is 0 Å². The fraction of sp³-hybridized carbons (Fsp3) is 0.125. The molecule has 0 saturated heterocycles. The average Bonchev–Trinajstić information content (AvgIpc) is 2.45. The topological polar surface area (TPSA) is 51.2 Å². The zero-order chi connectivity index (χ0) is 14.4. The molecule has 0 saturated carbocycles. The highest BCUT2D eigenvalue weighted by molar-refractivity contribution is 6.03. The van der Waals surface area contributed by atoms with Crippen molar-refractivity contribution in [3.63, 3.8) is 0 Å². The molecule has 1 N–H and O–H groups in total. The highest BCUT2D eigenvalue weighted by Crippen LogP contribution is 2.15. The fourth-order valence-electron chi connectivity index (χ4n) is 1.68. The lowest BCUT2D eigenvalue weighted by molar-refractivity contribution is 0.102. The van der Waals surface area contributed by atoms with E-state index in [1.807, 2.05) is 19.1 Å². The molecule has 1 aromatic carbocycles. The van der Waals surface area contributed by atoms with Crippen molar-refractivity contribution in [1.82, 2.24) is 4.98 Å². The number of carbonyl (C=O) groups is 1. The van der Waals surface area contributed by atoms with Crippen LogP contribution in [0.15, 0.2) is 55.1 Å². The molecule has 0 spiro atoms. The maximum Gasteiger partial charge on any atom is 0.256 e. The Morgan fingerprint density at radius 3 is 2.90 bits per heavy atom. The standard InChI is InChI=1S/C16H16N2O2/c1-3-10-20-14-8-5-7-13(11-14)16(19)18-15-9-4-6-12(2)17-15/h3-9,11H,1,10H2,2H3,(H,17,18,19). The van der Waals surface area contributed by atoms with Crippen LogP contribution in [-0.4, -0.2) is 17.5 Å². The van der Waals surface area contributed by atoms with E-state index in [2.05, 4.69) is 16.9 Å². The Hall–Kier alpha value is -2.62. The predicted molar refractivity (Wildman–Crippen MR) is 79.1 cm³/mol. The summed E-state index contributed by atoms with van der Waals surface area (Å²) in [5.41, 5.74) is 1.38. The molecule has 0 unspecified atom stereocenters. The number of pyridine rings is 1. The first-order chi connectivity index (χ1) is 9.69. The fourth-order valence-corrected chi connectivity index (χ4v) is 1.68. The van der Waals surface area contributed by atoms with Gasteiger partial charge < -0.3 is 10.1 Å². The Morgan fingerprint density at radius 1 is 1.35 bits per heavy atom. The number of nitrogens with one attached hydrogen (secondary N) is 1. The van der Waals surface area contributed by atoms with Crippen LogP contribution in [0.1, 0.15) is 16.1 Å². The summed E-state index contributed by atoms with van der Waals surface area (Å²) in [7, 11) is 0. The van der Waals surface area contributed by atoms with Crippen LogP contribution in [0.5, 0.6) is 5.75 Å². The Morgan fingerprint density at radius 2 is 2.15 bits per heavy atom. The zero-order valence-electron chi connectivity index (χ0n) is 11.3. The number of nitrogens with zero attached hydrogens (tertiary/aromatic N) is 1. The smallest absolute Gasteiger partial charge is 0.256 e. The first-order valence-electron chi connectivity index (χ1n) is 6.28. The third-order valence-electron chi connectivity index (χ3n) is 2.59. The van der Waals surface area contributed by atoms with E-state index in [1.165, 1.54) is 0 Å². The number of hydrogen-bond donors (Lipinski definition) is 1. The second-order valence-electron chi connectivity index (χ2n) is 4.25. The average molecular weight is 268 g/mol. The predicted octanol–water partition coefficient (Wildman–Crippen LogP) is 3.21. The lowest BCUT2D eigenvalue weighted by atomic mass is 10.2. The highest BCUT2D eigenvalue weighted by atomic mass is 16.5. The van der Waals surface area contributed by atoms with Crippen molar-refractivity contribution in [1.29, 1.82) is 0 Å². The largest absolute Gasteiger partial charge is 0.490 e. The van der Waals surface area contributed by atoms with Crippen LogP contribution in [0, 0.1) is 6.92 Å². The normalized spacial score (nSPS) is 9.85. The maximum absolute atomic E-state index is 12.1. The van der Waals surface area contributed by atoms with Crippen LogP contribution in [0.3, 0.4) is 0 Å². The minimum Gasteiger partial charge on any atom is -0.490 e. The second-order valence-corrected chi connectivity index (χ2v) is 4.25. The third-order valence-corrected chi connectivity index (χ3v) is 2.59. The molecular weight excluding hydrogens is 252 g/mol. The Bertz CT molecular complexity index is 623. The minimum absolute atomic E-state index is 0.216. The van der Waals surface area contributed by atoms with Gasteiger partial charge in [0, 0.05) is 11.3 Å². The highest BCUT2D eigenvalue weighted by Gasteiger charge is 2.07. The van der Waals surface area contributed by atoms with Crippen LogP contribution in [0.4, 0.5) is 5.82 Å². The molecule has 1 amide bonds. The van der Waals surface area contributed by atoms with Gasteiger partial charge in [0.15, 0.2) is 0 Å². The molecule has 0 aliphatic heterocycles. The number of anilines is 1. The molecule has 0 fully saturated rings. The van der Waals surface area contributed by atoms with Gasteiger partial charge in [0.25, 0.3) is 5.91 Å². The van der Waals surface area contributed by atoms with Gasteiger partial charge in [0.1, 0.15) is 18.2 Å². The van der Waals surface area contributed by atoms with Gasteiger partial charge in [-0.1, -0.05) is 24.8 Å². The first-order valence-corrected chi connectivity index (χ1v) is 6.28. The van der Waals surface area contributed by atoms with E-state index in [9.17, 15) is 4.79 Å². The number of aromatic nitrogens is 1. The summed E-state index contributed by atoms with van der Waals surface area (Å²) in [6.07, 6.45) is 1.66. The molecular formula is C16H16N2O2. The summed E-state index contributed by atoms with van der Waals surface area (Å²) in [4.78, 5) is 16.4. The van der Waals surface area contributed by atoms with E-state index < -0.39 is 0 Å². The molecule has 20 heavy (non-hydrogen) atoms. The van der Waals surface area contributed by atoms with Gasteiger partial charge in [0.2, 0.25) is 0 Å². The minimum atomic E-state index is -0.216. The van der Waals surface area contributed by atoms with Gasteiger partial charge in [-0.3, -0.25) is 4.79 Å². The molecule has 4 heteroatoms. The van der Waals surface area contributed by atoms with Crippen LogP contribution < -0.4 is 10.1 Å². The zero-order valence-corrected chi connectivity index (χ0v) is 11.3. The van der Waals surface area contributed by atoms with E-state index in [1.54, 1.807) is 36.4 Å². The molecule has 2 aromatic rings. The molecule has 0 radical (unpaired) electrons. The molecule has 1 aromatic heterocycles. The number of carbonyl (C=O) groups excluding carboxylic acids is 1. The molecule has 0 aliphatic rings. The van der Waals surface area contributed by atoms with Gasteiger partial charge in [-0.05, 0) is 37.3 Å². The van der Waals surface area contributed by atoms with E-state index in [4.69, 9.17) is 4.74 Å². The summed E-state index contributed by atoms with van der Waals surface area (Å²) < 4.78 is 5.40. The molecule has 0 atom stereocenters. The number of amides is 1. The Labute approximate surface area is 118 Å². The van der Waals surface area contributed by atoms with Crippen molar-refractivity contribution in [3.05, 3.63) is 66.4 Å². The maximum atomic E-state index is 12.1. The van der Waals surface area contributed by atoms with E-state index in [0.717, 1.165) is 5.69 Å². The SMILES string of the molecule is C=CCOc1cccc(C(=O)Nc2cccc(C)n2)c1. The van der Waals surface area contributed by atoms with Crippen molar-refractivity contribution in [2.24, 2.45) is 0 Å². The van der Waals surface area contributed by atoms with Gasteiger partial charge in [0.05, 0.1) is 0 Å². The summed E-state index contributed by atoms with van der Waals surface area (Å²) in [5.74, 6) is 0.953. The lowest BCUT2D eigenvalue weighted by Crippen LogP contribution is -2.13. The number of ether oxygens (including phenoxy) is 1. The number of hydrogen-bond acceptors (Lipinski definition) is 3. The van der Waals surface area contributed by atoms with Crippen molar-refractivity contribution < 1.29 is 9.53 Å². The van der Waals surface area contributed by atoms with Gasteiger partial charge in [-0.15, -0.1) is 0 Å². The summed E-state index contributed by atoms with van der Waals surface area (Å²) in [6.45, 7) is 5.87. The van der Waals surface area contributed by atoms with Crippen molar-refractivity contribution in [2.75, 3.05) is 11.9 Å². The van der Waals surface area contributed by atoms with Crippen molar-refractivity contribution >= 4 is 11.7 Å². The van der Waals surface area contributed by atoms with E-state index in [0.29, 0.717) is 23.7 Å². The number of rotatable bonds is 5. The molecule has 4 nitrogen and oxygen atoms in total. The van der Waals surface area contributed by atoms with Crippen molar-refractivity contribution in [3.8, 4) is 5.75 Å². The van der Waals surface area contributed by atoms with Crippen LogP contribution in [0.2, 0.25) is 0 Å². The molecule has 0 aliphatic carbocycles. The number of aryl methyl sites for hydroxylation is 1. The van der Waals surface area contributed by atoms with Gasteiger partial charge in [-0.2, -0.15) is 0 Å². The first kappa shape index (κ1) is 13.8. The van der Waals surface area contributed by atoms with Gasteiger partial charge >= 0.3 is 0 Å².